The Morgan fingerprint density at radius 3 is 1.90 bits per heavy atom. The van der Waals surface area contributed by atoms with Crippen molar-refractivity contribution < 1.29 is 35.9 Å². The first-order chi connectivity index (χ1) is 9.47. The Kier molecular flexibility index (Phi) is 5.55. The maximum absolute atomic E-state index is 12.6. The van der Waals surface area contributed by atoms with E-state index in [2.05, 4.69) is 4.74 Å². The van der Waals surface area contributed by atoms with Crippen molar-refractivity contribution in [3.63, 3.8) is 0 Å². The molecule has 124 valence electrons. The number of hydrogen-bond acceptors (Lipinski definition) is 2. The summed E-state index contributed by atoms with van der Waals surface area (Å²) >= 11 is 0. The van der Waals surface area contributed by atoms with E-state index in [0.29, 0.717) is 0 Å². The van der Waals surface area contributed by atoms with Gasteiger partial charge in [-0.05, 0) is 19.3 Å². The maximum Gasteiger partial charge on any atom is 0.437 e. The highest BCUT2D eigenvalue weighted by atomic mass is 19.4. The lowest BCUT2D eigenvalue weighted by molar-refractivity contribution is -0.363. The molecule has 8 heteroatoms. The molecule has 21 heavy (non-hydrogen) atoms. The van der Waals surface area contributed by atoms with Crippen LogP contribution in [0.15, 0.2) is 0 Å². The molecule has 0 aromatic carbocycles. The molecule has 1 aliphatic carbocycles. The quantitative estimate of drug-likeness (QED) is 0.551. The van der Waals surface area contributed by atoms with E-state index < -0.39 is 30.3 Å². The van der Waals surface area contributed by atoms with Crippen LogP contribution >= 0.6 is 0 Å². The second-order valence-electron chi connectivity index (χ2n) is 5.55. The summed E-state index contributed by atoms with van der Waals surface area (Å²) in [5.41, 5.74) is -4.45. The number of ether oxygens (including phenoxy) is 1. The number of carbonyl (C=O) groups is 1. The third-order valence-electron chi connectivity index (χ3n) is 3.88. The number of halogens is 6. The van der Waals surface area contributed by atoms with E-state index in [1.54, 1.807) is 0 Å². The summed E-state index contributed by atoms with van der Waals surface area (Å²) in [6, 6.07) is 0. The highest BCUT2D eigenvalue weighted by Crippen LogP contribution is 2.45. The second-order valence-corrected chi connectivity index (χ2v) is 5.55. The Labute approximate surface area is 118 Å². The van der Waals surface area contributed by atoms with Gasteiger partial charge in [-0.2, -0.15) is 26.3 Å². The smallest absolute Gasteiger partial charge is 0.437 e. The number of rotatable bonds is 4. The van der Waals surface area contributed by atoms with Crippen LogP contribution in [0.1, 0.15) is 51.9 Å². The molecular formula is C13H18F6O2. The van der Waals surface area contributed by atoms with Crippen molar-refractivity contribution in [2.24, 2.45) is 5.92 Å². The zero-order valence-electron chi connectivity index (χ0n) is 11.6. The van der Waals surface area contributed by atoms with Crippen LogP contribution in [-0.2, 0) is 9.53 Å². The van der Waals surface area contributed by atoms with Gasteiger partial charge in [-0.15, -0.1) is 0 Å². The molecule has 1 aliphatic rings. The van der Waals surface area contributed by atoms with Gasteiger partial charge in [-0.3, -0.25) is 4.79 Å². The topological polar surface area (TPSA) is 26.3 Å². The lowest BCUT2D eigenvalue weighted by Gasteiger charge is -2.33. The van der Waals surface area contributed by atoms with E-state index in [1.165, 1.54) is 0 Å². The molecule has 0 spiro atoms. The van der Waals surface area contributed by atoms with E-state index in [0.717, 1.165) is 32.1 Å². The van der Waals surface area contributed by atoms with Crippen LogP contribution in [0, 0.1) is 5.92 Å². The summed E-state index contributed by atoms with van der Waals surface area (Å²) in [5.74, 6) is -1.29. The zero-order valence-corrected chi connectivity index (χ0v) is 11.6. The first-order valence-electron chi connectivity index (χ1n) is 6.82. The zero-order chi connectivity index (χ0) is 16.3. The molecule has 0 amide bonds. The first kappa shape index (κ1) is 18.1. The molecule has 0 atom stereocenters. The van der Waals surface area contributed by atoms with Crippen molar-refractivity contribution in [1.29, 1.82) is 0 Å². The van der Waals surface area contributed by atoms with Crippen LogP contribution in [0.2, 0.25) is 0 Å². The molecule has 0 radical (unpaired) electrons. The van der Waals surface area contributed by atoms with Crippen LogP contribution in [0.4, 0.5) is 26.3 Å². The first-order valence-corrected chi connectivity index (χ1v) is 6.82. The van der Waals surface area contributed by atoms with Crippen LogP contribution in [-0.4, -0.2) is 23.9 Å². The van der Waals surface area contributed by atoms with Gasteiger partial charge in [-0.1, -0.05) is 32.1 Å². The van der Waals surface area contributed by atoms with Gasteiger partial charge in [-0.25, -0.2) is 0 Å². The molecule has 1 saturated carbocycles. The van der Waals surface area contributed by atoms with E-state index >= 15 is 0 Å². The Morgan fingerprint density at radius 2 is 1.48 bits per heavy atom. The average molecular weight is 320 g/mol. The van der Waals surface area contributed by atoms with Crippen molar-refractivity contribution in [3.05, 3.63) is 0 Å². The number of esters is 1. The van der Waals surface area contributed by atoms with Crippen LogP contribution < -0.4 is 0 Å². The fourth-order valence-electron chi connectivity index (χ4n) is 2.35. The van der Waals surface area contributed by atoms with Gasteiger partial charge in [0.15, 0.2) is 0 Å². The molecule has 0 aromatic heterocycles. The average Bonchev–Trinajstić information content (AvgIpc) is 2.35. The summed E-state index contributed by atoms with van der Waals surface area (Å²) in [5, 5.41) is 0. The Hall–Kier alpha value is -0.950. The molecule has 0 aromatic rings. The predicted octanol–water partition coefficient (Wildman–Crippen LogP) is 4.77. The SMILES string of the molecule is CC(OC(=O)CCC1CCCCC1)(C(F)(F)F)C(F)(F)F. The third-order valence-corrected chi connectivity index (χ3v) is 3.88. The molecule has 0 heterocycles. The van der Waals surface area contributed by atoms with E-state index in [4.69, 9.17) is 0 Å². The van der Waals surface area contributed by atoms with Crippen molar-refractivity contribution in [1.82, 2.24) is 0 Å². The molecule has 0 N–H and O–H groups in total. The second kappa shape index (κ2) is 6.44. The molecular weight excluding hydrogens is 302 g/mol. The van der Waals surface area contributed by atoms with Crippen molar-refractivity contribution >= 4 is 5.97 Å². The summed E-state index contributed by atoms with van der Waals surface area (Å²) in [7, 11) is 0. The highest BCUT2D eigenvalue weighted by molar-refractivity contribution is 5.70. The standard InChI is InChI=1S/C13H18F6O2/c1-11(12(14,15)16,13(17,18)19)21-10(20)8-7-9-5-3-2-4-6-9/h9H,2-8H2,1H3. The van der Waals surface area contributed by atoms with E-state index in [-0.39, 0.29) is 19.3 Å². The molecule has 0 saturated heterocycles. The van der Waals surface area contributed by atoms with Gasteiger partial charge >= 0.3 is 18.3 Å². The monoisotopic (exact) mass is 320 g/mol. The van der Waals surface area contributed by atoms with Crippen LogP contribution in [0.3, 0.4) is 0 Å². The van der Waals surface area contributed by atoms with E-state index in [9.17, 15) is 31.1 Å². The molecule has 0 bridgehead atoms. The number of alkyl halides is 6. The minimum atomic E-state index is -5.70. The largest absolute Gasteiger partial charge is 0.440 e. The van der Waals surface area contributed by atoms with Gasteiger partial charge in [0.1, 0.15) is 0 Å². The van der Waals surface area contributed by atoms with E-state index in [1.807, 2.05) is 0 Å². The summed E-state index contributed by atoms with van der Waals surface area (Å²) in [6.45, 7) is -0.161. The summed E-state index contributed by atoms with van der Waals surface area (Å²) < 4.78 is 79.1. The molecule has 1 rings (SSSR count). The Balaban J connectivity index is 2.61. The maximum atomic E-state index is 12.6. The van der Waals surface area contributed by atoms with Crippen LogP contribution in [0.5, 0.6) is 0 Å². The van der Waals surface area contributed by atoms with Gasteiger partial charge in [0, 0.05) is 6.42 Å². The minimum Gasteiger partial charge on any atom is -0.440 e. The number of carbonyl (C=O) groups excluding carboxylic acids is 1. The van der Waals surface area contributed by atoms with Gasteiger partial charge in [0.05, 0.1) is 0 Å². The molecule has 2 nitrogen and oxygen atoms in total. The fraction of sp³-hybridized carbons (Fsp3) is 0.923. The summed E-state index contributed by atoms with van der Waals surface area (Å²) in [4.78, 5) is 11.4. The fourth-order valence-corrected chi connectivity index (χ4v) is 2.35. The lowest BCUT2D eigenvalue weighted by atomic mass is 9.86. The van der Waals surface area contributed by atoms with Crippen LogP contribution in [0.25, 0.3) is 0 Å². The molecule has 1 fully saturated rings. The molecule has 0 unspecified atom stereocenters. The van der Waals surface area contributed by atoms with Crippen molar-refractivity contribution in [3.8, 4) is 0 Å². The summed E-state index contributed by atoms with van der Waals surface area (Å²) in [6.07, 6.45) is -6.84. The highest BCUT2D eigenvalue weighted by Gasteiger charge is 2.71. The predicted molar refractivity (Wildman–Crippen MR) is 62.4 cm³/mol. The lowest BCUT2D eigenvalue weighted by Crippen LogP contribution is -2.57. The van der Waals surface area contributed by atoms with Crippen molar-refractivity contribution in [2.45, 2.75) is 69.8 Å². The molecule has 0 aliphatic heterocycles. The minimum absolute atomic E-state index is 0.161. The van der Waals surface area contributed by atoms with Gasteiger partial charge < -0.3 is 4.74 Å². The van der Waals surface area contributed by atoms with Gasteiger partial charge in [0.2, 0.25) is 0 Å². The third kappa shape index (κ3) is 4.51. The van der Waals surface area contributed by atoms with Gasteiger partial charge in [0.25, 0.3) is 5.60 Å². The Morgan fingerprint density at radius 1 is 1.00 bits per heavy atom. The normalized spacial score (nSPS) is 18.6. The number of hydrogen-bond donors (Lipinski definition) is 0. The van der Waals surface area contributed by atoms with Crippen molar-refractivity contribution in [2.75, 3.05) is 0 Å². The Bertz CT molecular complexity index is 341.